The third kappa shape index (κ3) is 2.71. The Kier molecular flexibility index (Phi) is 3.89. The predicted octanol–water partition coefficient (Wildman–Crippen LogP) is 3.25. The van der Waals surface area contributed by atoms with Crippen molar-refractivity contribution in [3.63, 3.8) is 0 Å². The molecule has 0 spiro atoms. The van der Waals surface area contributed by atoms with E-state index in [0.29, 0.717) is 0 Å². The van der Waals surface area contributed by atoms with Crippen molar-refractivity contribution in [2.45, 2.75) is 13.3 Å². The molecule has 0 aliphatic rings. The largest absolute Gasteiger partial charge is 0.316 e. The molecule has 0 atom stereocenters. The molecule has 1 heterocycles. The van der Waals surface area contributed by atoms with Crippen molar-refractivity contribution in [3.8, 4) is 0 Å². The lowest BCUT2D eigenvalue weighted by atomic mass is 10.0. The van der Waals surface area contributed by atoms with Gasteiger partial charge in [-0.15, -0.1) is 0 Å². The zero-order chi connectivity index (χ0) is 12.1. The Bertz CT molecular complexity index is 524. The van der Waals surface area contributed by atoms with Gasteiger partial charge in [-0.1, -0.05) is 36.8 Å². The van der Waals surface area contributed by atoms with Gasteiger partial charge in [-0.2, -0.15) is 0 Å². The Morgan fingerprint density at radius 1 is 1.29 bits per heavy atom. The molecule has 2 nitrogen and oxygen atoms in total. The van der Waals surface area contributed by atoms with Crippen LogP contribution in [0, 0.1) is 0 Å². The molecule has 2 heteroatoms. The first kappa shape index (κ1) is 11.8. The summed E-state index contributed by atoms with van der Waals surface area (Å²) in [4.78, 5) is 4.38. The topological polar surface area (TPSA) is 24.9 Å². The van der Waals surface area contributed by atoms with E-state index in [1.807, 2.05) is 19.3 Å². The molecular formula is C15H18N2. The molecule has 0 radical (unpaired) electrons. The molecule has 0 unspecified atom stereocenters. The van der Waals surface area contributed by atoms with E-state index >= 15 is 0 Å². The van der Waals surface area contributed by atoms with Crippen LogP contribution in [0.4, 0.5) is 0 Å². The lowest BCUT2D eigenvalue weighted by Crippen LogP contribution is -2.09. The monoisotopic (exact) mass is 226 g/mol. The number of hydrogen-bond donors (Lipinski definition) is 1. The molecule has 0 aliphatic carbocycles. The first-order chi connectivity index (χ1) is 8.35. The van der Waals surface area contributed by atoms with Crippen molar-refractivity contribution in [3.05, 3.63) is 47.7 Å². The summed E-state index contributed by atoms with van der Waals surface area (Å²) in [5.74, 6) is 0. The second kappa shape index (κ2) is 5.60. The van der Waals surface area contributed by atoms with E-state index in [2.05, 4.69) is 47.6 Å². The maximum Gasteiger partial charge on any atom is 0.0707 e. The van der Waals surface area contributed by atoms with E-state index < -0.39 is 0 Å². The third-order valence-corrected chi connectivity index (χ3v) is 2.90. The first-order valence-corrected chi connectivity index (χ1v) is 6.03. The molecule has 1 aromatic heterocycles. The Morgan fingerprint density at radius 3 is 2.88 bits per heavy atom. The zero-order valence-corrected chi connectivity index (χ0v) is 10.4. The lowest BCUT2D eigenvalue weighted by molar-refractivity contribution is 0.851. The van der Waals surface area contributed by atoms with E-state index in [0.717, 1.165) is 18.5 Å². The second-order valence-electron chi connectivity index (χ2n) is 4.10. The summed E-state index contributed by atoms with van der Waals surface area (Å²) in [5, 5.41) is 4.42. The normalized spacial score (nSPS) is 12.0. The van der Waals surface area contributed by atoms with Gasteiger partial charge in [0, 0.05) is 18.1 Å². The number of pyridine rings is 1. The molecule has 0 fully saturated rings. The highest BCUT2D eigenvalue weighted by Crippen LogP contribution is 2.19. The van der Waals surface area contributed by atoms with Gasteiger partial charge in [0.05, 0.1) is 5.52 Å². The molecule has 17 heavy (non-hydrogen) atoms. The smallest absolute Gasteiger partial charge is 0.0707 e. The van der Waals surface area contributed by atoms with Crippen LogP contribution in [0.1, 0.15) is 18.9 Å². The molecule has 1 aromatic carbocycles. The van der Waals surface area contributed by atoms with Crippen molar-refractivity contribution >= 4 is 17.0 Å². The Hall–Kier alpha value is -1.67. The van der Waals surface area contributed by atoms with E-state index in [-0.39, 0.29) is 0 Å². The molecule has 0 amide bonds. The highest BCUT2D eigenvalue weighted by Gasteiger charge is 2.00. The molecule has 2 rings (SSSR count). The van der Waals surface area contributed by atoms with Crippen LogP contribution >= 0.6 is 0 Å². The summed E-state index contributed by atoms with van der Waals surface area (Å²) in [6.07, 6.45) is 5.21. The molecule has 1 N–H and O–H groups in total. The molecule has 0 saturated carbocycles. The number of hydrogen-bond acceptors (Lipinski definition) is 2. The maximum atomic E-state index is 4.38. The van der Waals surface area contributed by atoms with Crippen LogP contribution in [-0.4, -0.2) is 18.6 Å². The number of benzene rings is 1. The summed E-state index contributed by atoms with van der Waals surface area (Å²) in [6.45, 7) is 3.12. The summed E-state index contributed by atoms with van der Waals surface area (Å²) < 4.78 is 0. The van der Waals surface area contributed by atoms with Gasteiger partial charge < -0.3 is 5.32 Å². The molecule has 0 aliphatic heterocycles. The maximum absolute atomic E-state index is 4.38. The van der Waals surface area contributed by atoms with Crippen molar-refractivity contribution in [1.82, 2.24) is 10.3 Å². The average Bonchev–Trinajstić information content (AvgIpc) is 2.38. The molecule has 88 valence electrons. The summed E-state index contributed by atoms with van der Waals surface area (Å²) in [6, 6.07) is 10.3. The highest BCUT2D eigenvalue weighted by atomic mass is 14.8. The Labute approximate surface area is 102 Å². The molecular weight excluding hydrogens is 208 g/mol. The van der Waals surface area contributed by atoms with Crippen LogP contribution in [0.3, 0.4) is 0 Å². The van der Waals surface area contributed by atoms with Gasteiger partial charge in [-0.25, -0.2) is 0 Å². The van der Waals surface area contributed by atoms with E-state index in [9.17, 15) is 0 Å². The zero-order valence-electron chi connectivity index (χ0n) is 10.4. The van der Waals surface area contributed by atoms with Gasteiger partial charge in [-0.05, 0) is 31.2 Å². The lowest BCUT2D eigenvalue weighted by Gasteiger charge is -2.06. The van der Waals surface area contributed by atoms with Crippen molar-refractivity contribution in [2.75, 3.05) is 13.6 Å². The van der Waals surface area contributed by atoms with Gasteiger partial charge in [0.25, 0.3) is 0 Å². The quantitative estimate of drug-likeness (QED) is 0.865. The SMILES string of the molecule is CCC(=Cc1ccnc2ccccc12)CNC. The number of para-hydroxylation sites is 1. The second-order valence-corrected chi connectivity index (χ2v) is 4.10. The Morgan fingerprint density at radius 2 is 2.12 bits per heavy atom. The number of rotatable bonds is 4. The van der Waals surface area contributed by atoms with Crippen LogP contribution in [0.25, 0.3) is 17.0 Å². The van der Waals surface area contributed by atoms with Crippen molar-refractivity contribution in [2.24, 2.45) is 0 Å². The van der Waals surface area contributed by atoms with Gasteiger partial charge in [0.2, 0.25) is 0 Å². The van der Waals surface area contributed by atoms with Gasteiger partial charge in [-0.3, -0.25) is 4.98 Å². The van der Waals surface area contributed by atoms with E-state index in [4.69, 9.17) is 0 Å². The minimum Gasteiger partial charge on any atom is -0.316 e. The minimum atomic E-state index is 0.938. The Balaban J connectivity index is 2.48. The van der Waals surface area contributed by atoms with Crippen LogP contribution < -0.4 is 5.32 Å². The van der Waals surface area contributed by atoms with Gasteiger partial charge in [0.1, 0.15) is 0 Å². The fourth-order valence-corrected chi connectivity index (χ4v) is 1.97. The standard InChI is InChI=1S/C15H18N2/c1-3-12(11-16-2)10-13-8-9-17-15-7-5-4-6-14(13)15/h4-10,16H,3,11H2,1-2H3. The highest BCUT2D eigenvalue weighted by molar-refractivity contribution is 5.87. The third-order valence-electron chi connectivity index (χ3n) is 2.90. The van der Waals surface area contributed by atoms with Crippen LogP contribution in [0.2, 0.25) is 0 Å². The number of fused-ring (bicyclic) bond motifs is 1. The number of nitrogens with zero attached hydrogens (tertiary/aromatic N) is 1. The van der Waals surface area contributed by atoms with Gasteiger partial charge in [0.15, 0.2) is 0 Å². The van der Waals surface area contributed by atoms with Crippen molar-refractivity contribution in [1.29, 1.82) is 0 Å². The predicted molar refractivity (Wildman–Crippen MR) is 73.9 cm³/mol. The molecule has 0 saturated heterocycles. The van der Waals surface area contributed by atoms with Crippen LogP contribution in [0.5, 0.6) is 0 Å². The number of likely N-dealkylation sites (N-methyl/N-ethyl adjacent to an activating group) is 1. The van der Waals surface area contributed by atoms with Gasteiger partial charge >= 0.3 is 0 Å². The minimum absolute atomic E-state index is 0.938. The molecule has 2 aromatic rings. The van der Waals surface area contributed by atoms with Crippen LogP contribution in [0.15, 0.2) is 42.1 Å². The summed E-state index contributed by atoms with van der Waals surface area (Å²) in [7, 11) is 1.98. The first-order valence-electron chi connectivity index (χ1n) is 6.03. The van der Waals surface area contributed by atoms with Crippen LogP contribution in [-0.2, 0) is 0 Å². The molecule has 0 bridgehead atoms. The number of aromatic nitrogens is 1. The number of nitrogens with one attached hydrogen (secondary N) is 1. The fourth-order valence-electron chi connectivity index (χ4n) is 1.97. The average molecular weight is 226 g/mol. The summed E-state index contributed by atoms with van der Waals surface area (Å²) in [5.41, 5.74) is 3.72. The van der Waals surface area contributed by atoms with E-state index in [1.165, 1.54) is 16.5 Å². The fraction of sp³-hybridized carbons (Fsp3) is 0.267. The van der Waals surface area contributed by atoms with Crippen molar-refractivity contribution < 1.29 is 0 Å². The summed E-state index contributed by atoms with van der Waals surface area (Å²) >= 11 is 0. The van der Waals surface area contributed by atoms with E-state index in [1.54, 1.807) is 0 Å².